The van der Waals surface area contributed by atoms with Crippen molar-refractivity contribution < 1.29 is 10.2 Å². The molecule has 0 aliphatic heterocycles. The highest BCUT2D eigenvalue weighted by Gasteiger charge is 2.57. The van der Waals surface area contributed by atoms with Crippen LogP contribution in [0.15, 0.2) is 18.2 Å². The second-order valence-electron chi connectivity index (χ2n) is 8.88. The Morgan fingerprint density at radius 2 is 2.12 bits per heavy atom. The van der Waals surface area contributed by atoms with Crippen LogP contribution in [0.3, 0.4) is 0 Å². The Morgan fingerprint density at radius 3 is 2.92 bits per heavy atom. The summed E-state index contributed by atoms with van der Waals surface area (Å²) >= 11 is 0. The number of phenols is 1. The van der Waals surface area contributed by atoms with E-state index in [1.165, 1.54) is 24.0 Å². The standard InChI is InChI=1S/C23H30O2/c1-3-4-5-6-16-14-23(2)20(11-12-21(23)25)19-9-7-15-13-17(24)8-10-18(15)22(16)19/h1,8,10,13,16,19-22,24-25H,4-7,9,11-12,14H2,2H3/t16-,19-,20-,21-,22+,23-/m0/s1. The number of terminal acetylenes is 1. The highest BCUT2D eigenvalue weighted by molar-refractivity contribution is 5.40. The van der Waals surface area contributed by atoms with Crippen LogP contribution in [0.2, 0.25) is 0 Å². The Hall–Kier alpha value is -1.46. The van der Waals surface area contributed by atoms with Crippen molar-refractivity contribution in [2.24, 2.45) is 23.2 Å². The van der Waals surface area contributed by atoms with E-state index in [1.54, 1.807) is 0 Å². The van der Waals surface area contributed by atoms with Crippen molar-refractivity contribution >= 4 is 0 Å². The summed E-state index contributed by atoms with van der Waals surface area (Å²) in [6.07, 6.45) is 13.9. The van der Waals surface area contributed by atoms with Crippen molar-refractivity contribution in [1.29, 1.82) is 0 Å². The van der Waals surface area contributed by atoms with Gasteiger partial charge in [0.2, 0.25) is 0 Å². The number of benzene rings is 1. The third-order valence-electron chi connectivity index (χ3n) is 7.68. The van der Waals surface area contributed by atoms with Crippen molar-refractivity contribution in [3.63, 3.8) is 0 Å². The third-order valence-corrected chi connectivity index (χ3v) is 7.68. The molecule has 1 aromatic rings. The van der Waals surface area contributed by atoms with Crippen LogP contribution in [0.1, 0.15) is 68.9 Å². The van der Waals surface area contributed by atoms with Gasteiger partial charge < -0.3 is 10.2 Å². The zero-order valence-corrected chi connectivity index (χ0v) is 15.2. The van der Waals surface area contributed by atoms with Gasteiger partial charge >= 0.3 is 0 Å². The molecule has 0 amide bonds. The fourth-order valence-corrected chi connectivity index (χ4v) is 6.60. The number of hydrogen-bond donors (Lipinski definition) is 2. The van der Waals surface area contributed by atoms with E-state index in [9.17, 15) is 10.2 Å². The van der Waals surface area contributed by atoms with E-state index in [0.29, 0.717) is 29.4 Å². The summed E-state index contributed by atoms with van der Waals surface area (Å²) in [6, 6.07) is 6.00. The van der Waals surface area contributed by atoms with Crippen molar-refractivity contribution in [2.75, 3.05) is 0 Å². The van der Waals surface area contributed by atoms with E-state index in [-0.39, 0.29) is 11.5 Å². The molecule has 0 radical (unpaired) electrons. The average molecular weight is 338 g/mol. The highest BCUT2D eigenvalue weighted by Crippen LogP contribution is 2.63. The molecule has 0 heterocycles. The lowest BCUT2D eigenvalue weighted by Crippen LogP contribution is -2.47. The molecule has 0 aromatic heterocycles. The number of unbranched alkanes of at least 4 members (excludes halogenated alkanes) is 1. The van der Waals surface area contributed by atoms with Crippen LogP contribution < -0.4 is 0 Å². The molecule has 2 nitrogen and oxygen atoms in total. The molecule has 3 aliphatic carbocycles. The monoisotopic (exact) mass is 338 g/mol. The number of rotatable bonds is 3. The van der Waals surface area contributed by atoms with Crippen LogP contribution in [0.25, 0.3) is 0 Å². The molecule has 0 spiro atoms. The summed E-state index contributed by atoms with van der Waals surface area (Å²) in [5.74, 6) is 5.65. The average Bonchev–Trinajstić information content (AvgIpc) is 2.89. The summed E-state index contributed by atoms with van der Waals surface area (Å²) in [5.41, 5.74) is 2.88. The number of fused-ring (bicyclic) bond motifs is 5. The van der Waals surface area contributed by atoms with Crippen LogP contribution in [-0.2, 0) is 6.42 Å². The fourth-order valence-electron chi connectivity index (χ4n) is 6.60. The zero-order valence-electron chi connectivity index (χ0n) is 15.2. The number of aliphatic hydroxyl groups excluding tert-OH is 1. The first kappa shape index (κ1) is 17.0. The smallest absolute Gasteiger partial charge is 0.115 e. The van der Waals surface area contributed by atoms with E-state index < -0.39 is 0 Å². The second-order valence-corrected chi connectivity index (χ2v) is 8.88. The van der Waals surface area contributed by atoms with Gasteiger partial charge in [0, 0.05) is 6.42 Å². The Balaban J connectivity index is 1.71. The number of aryl methyl sites for hydroxylation is 1. The van der Waals surface area contributed by atoms with Gasteiger partial charge in [0.05, 0.1) is 6.10 Å². The van der Waals surface area contributed by atoms with E-state index in [0.717, 1.165) is 38.5 Å². The van der Waals surface area contributed by atoms with Crippen LogP contribution in [0.4, 0.5) is 0 Å². The predicted molar refractivity (Wildman–Crippen MR) is 100 cm³/mol. The van der Waals surface area contributed by atoms with Gasteiger partial charge in [-0.25, -0.2) is 0 Å². The van der Waals surface area contributed by atoms with Gasteiger partial charge in [0.25, 0.3) is 0 Å². The molecule has 1 aromatic carbocycles. The van der Waals surface area contributed by atoms with E-state index in [4.69, 9.17) is 6.42 Å². The van der Waals surface area contributed by atoms with Gasteiger partial charge in [-0.15, -0.1) is 12.3 Å². The summed E-state index contributed by atoms with van der Waals surface area (Å²) in [5, 5.41) is 20.6. The fraction of sp³-hybridized carbons (Fsp3) is 0.652. The molecule has 134 valence electrons. The Bertz CT molecular complexity index is 688. The lowest BCUT2D eigenvalue weighted by atomic mass is 9.51. The van der Waals surface area contributed by atoms with Crippen molar-refractivity contribution in [3.05, 3.63) is 29.3 Å². The summed E-state index contributed by atoms with van der Waals surface area (Å²) < 4.78 is 0. The Labute approximate surface area is 151 Å². The SMILES string of the molecule is C#CCCC[C@H]1C[C@]2(C)[C@@H](O)CC[C@H]2[C@@H]2CCc3cc(O)ccc3[C@@H]12. The molecule has 2 saturated carbocycles. The number of hydrogen-bond acceptors (Lipinski definition) is 2. The normalized spacial score (nSPS) is 39.2. The molecular weight excluding hydrogens is 308 g/mol. The quantitative estimate of drug-likeness (QED) is 0.623. The minimum Gasteiger partial charge on any atom is -0.508 e. The van der Waals surface area contributed by atoms with Crippen LogP contribution >= 0.6 is 0 Å². The molecule has 6 atom stereocenters. The minimum absolute atomic E-state index is 0.0798. The van der Waals surface area contributed by atoms with Crippen molar-refractivity contribution in [2.45, 2.75) is 70.3 Å². The van der Waals surface area contributed by atoms with Gasteiger partial charge in [-0.3, -0.25) is 0 Å². The predicted octanol–water partition coefficient (Wildman–Crippen LogP) is 4.64. The van der Waals surface area contributed by atoms with E-state index in [1.807, 2.05) is 12.1 Å². The molecule has 0 unspecified atom stereocenters. The number of aliphatic hydroxyl groups is 1. The van der Waals surface area contributed by atoms with E-state index in [2.05, 4.69) is 18.9 Å². The molecule has 2 heteroatoms. The van der Waals surface area contributed by atoms with E-state index >= 15 is 0 Å². The molecule has 2 N–H and O–H groups in total. The molecule has 3 aliphatic rings. The van der Waals surface area contributed by atoms with Crippen LogP contribution in [0.5, 0.6) is 5.75 Å². The van der Waals surface area contributed by atoms with Crippen LogP contribution in [-0.4, -0.2) is 16.3 Å². The summed E-state index contributed by atoms with van der Waals surface area (Å²) in [6.45, 7) is 2.34. The maximum Gasteiger partial charge on any atom is 0.115 e. The largest absolute Gasteiger partial charge is 0.508 e. The van der Waals surface area contributed by atoms with Crippen molar-refractivity contribution in [3.8, 4) is 18.1 Å². The second kappa shape index (κ2) is 6.36. The van der Waals surface area contributed by atoms with Gasteiger partial charge in [-0.1, -0.05) is 13.0 Å². The van der Waals surface area contributed by atoms with Crippen molar-refractivity contribution in [1.82, 2.24) is 0 Å². The maximum atomic E-state index is 10.7. The summed E-state index contributed by atoms with van der Waals surface area (Å²) in [4.78, 5) is 0. The molecular formula is C23H30O2. The van der Waals surface area contributed by atoms with Gasteiger partial charge in [0.1, 0.15) is 5.75 Å². The third kappa shape index (κ3) is 2.68. The molecule has 4 rings (SSSR count). The first-order valence-electron chi connectivity index (χ1n) is 9.98. The Kier molecular flexibility index (Phi) is 4.32. The Morgan fingerprint density at radius 1 is 1.28 bits per heavy atom. The van der Waals surface area contributed by atoms with Gasteiger partial charge in [-0.2, -0.15) is 0 Å². The van der Waals surface area contributed by atoms with Crippen LogP contribution in [0, 0.1) is 35.5 Å². The number of phenolic OH excluding ortho intramolecular Hbond substituents is 1. The highest BCUT2D eigenvalue weighted by atomic mass is 16.3. The topological polar surface area (TPSA) is 40.5 Å². The summed E-state index contributed by atoms with van der Waals surface area (Å²) in [7, 11) is 0. The lowest BCUT2D eigenvalue weighted by molar-refractivity contribution is -0.0499. The first-order chi connectivity index (χ1) is 12.0. The molecule has 25 heavy (non-hydrogen) atoms. The zero-order chi connectivity index (χ0) is 17.6. The number of aromatic hydroxyl groups is 1. The molecule has 0 bridgehead atoms. The maximum absolute atomic E-state index is 10.7. The minimum atomic E-state index is -0.144. The van der Waals surface area contributed by atoms with Gasteiger partial charge in [-0.05, 0) is 97.3 Å². The lowest BCUT2D eigenvalue weighted by Gasteiger charge is -2.54. The molecule has 0 saturated heterocycles. The first-order valence-corrected chi connectivity index (χ1v) is 9.98. The van der Waals surface area contributed by atoms with Gasteiger partial charge in [0.15, 0.2) is 0 Å². The molecule has 2 fully saturated rings.